The van der Waals surface area contributed by atoms with E-state index in [0.717, 1.165) is 12.7 Å². The molecule has 2 aromatic rings. The van der Waals surface area contributed by atoms with E-state index in [0.29, 0.717) is 11.0 Å². The zero-order valence-electron chi connectivity index (χ0n) is 10.2. The van der Waals surface area contributed by atoms with E-state index in [9.17, 15) is 8.78 Å². The predicted molar refractivity (Wildman–Crippen MR) is 64.4 cm³/mol. The van der Waals surface area contributed by atoms with E-state index in [-0.39, 0.29) is 11.0 Å². The van der Waals surface area contributed by atoms with Gasteiger partial charge in [0.1, 0.15) is 11.0 Å². The van der Waals surface area contributed by atoms with Crippen molar-refractivity contribution in [3.63, 3.8) is 0 Å². The van der Waals surface area contributed by atoms with Crippen LogP contribution in [0.3, 0.4) is 0 Å². The molecular formula is C11H12ClF2N3O. The minimum atomic E-state index is -2.93. The summed E-state index contributed by atoms with van der Waals surface area (Å²) in [6.45, 7) is 1.82. The zero-order valence-corrected chi connectivity index (χ0v) is 10.9. The average molecular weight is 276 g/mol. The summed E-state index contributed by atoms with van der Waals surface area (Å²) in [5.41, 5.74) is 1.13. The number of halogens is 3. The Bertz CT molecular complexity index is 592. The molecule has 4 nitrogen and oxygen atoms in total. The van der Waals surface area contributed by atoms with Crippen molar-refractivity contribution in [3.8, 4) is 5.88 Å². The van der Waals surface area contributed by atoms with E-state index >= 15 is 0 Å². The minimum Gasteiger partial charge on any atom is -0.470 e. The molecule has 0 spiro atoms. The van der Waals surface area contributed by atoms with Crippen LogP contribution in [0.2, 0.25) is 5.15 Å². The number of alkyl halides is 2. The van der Waals surface area contributed by atoms with Crippen molar-refractivity contribution in [2.45, 2.75) is 19.8 Å². The fraction of sp³-hybridized carbons (Fsp3) is 0.455. The second-order valence-corrected chi connectivity index (χ2v) is 4.58. The van der Waals surface area contributed by atoms with Gasteiger partial charge < -0.3 is 9.30 Å². The first-order chi connectivity index (χ1) is 8.28. The van der Waals surface area contributed by atoms with Crippen molar-refractivity contribution >= 4 is 22.6 Å². The summed E-state index contributed by atoms with van der Waals surface area (Å²) < 4.78 is 32.4. The molecule has 0 saturated carbocycles. The first-order valence-corrected chi connectivity index (χ1v) is 5.66. The van der Waals surface area contributed by atoms with Crippen molar-refractivity contribution < 1.29 is 13.5 Å². The molecule has 18 heavy (non-hydrogen) atoms. The van der Waals surface area contributed by atoms with Gasteiger partial charge in [-0.05, 0) is 6.92 Å². The molecule has 2 aromatic heterocycles. The van der Waals surface area contributed by atoms with Crippen molar-refractivity contribution in [2.75, 3.05) is 6.61 Å². The van der Waals surface area contributed by atoms with Crippen LogP contribution in [-0.2, 0) is 7.05 Å². The second-order valence-electron chi connectivity index (χ2n) is 4.19. The molecule has 2 heterocycles. The highest BCUT2D eigenvalue weighted by atomic mass is 35.5. The van der Waals surface area contributed by atoms with Crippen LogP contribution in [0.5, 0.6) is 5.88 Å². The molecule has 0 N–H and O–H groups in total. The Labute approximate surface area is 108 Å². The van der Waals surface area contributed by atoms with Crippen molar-refractivity contribution in [1.82, 2.24) is 14.5 Å². The van der Waals surface area contributed by atoms with Crippen LogP contribution in [0.4, 0.5) is 8.78 Å². The molecule has 0 saturated heterocycles. The highest BCUT2D eigenvalue weighted by Crippen LogP contribution is 2.27. The van der Waals surface area contributed by atoms with Gasteiger partial charge in [-0.2, -0.15) is 4.98 Å². The van der Waals surface area contributed by atoms with Crippen molar-refractivity contribution in [2.24, 2.45) is 7.05 Å². The van der Waals surface area contributed by atoms with Gasteiger partial charge in [-0.3, -0.25) is 0 Å². The fourth-order valence-corrected chi connectivity index (χ4v) is 1.72. The Morgan fingerprint density at radius 1 is 1.44 bits per heavy atom. The van der Waals surface area contributed by atoms with Crippen LogP contribution in [-0.4, -0.2) is 27.1 Å². The first kappa shape index (κ1) is 13.0. The molecule has 0 radical (unpaired) electrons. The van der Waals surface area contributed by atoms with Crippen LogP contribution in [0, 0.1) is 6.92 Å². The van der Waals surface area contributed by atoms with E-state index in [1.165, 1.54) is 0 Å². The average Bonchev–Trinajstić information content (AvgIpc) is 2.52. The molecule has 0 aliphatic rings. The number of imidazole rings is 1. The number of hydrogen-bond donors (Lipinski definition) is 0. The molecule has 0 unspecified atom stereocenters. The summed E-state index contributed by atoms with van der Waals surface area (Å²) in [5.74, 6) is -2.18. The van der Waals surface area contributed by atoms with Gasteiger partial charge in [-0.15, -0.1) is 0 Å². The van der Waals surface area contributed by atoms with Gasteiger partial charge in [0.15, 0.2) is 12.1 Å². The standard InChI is InChI=1S/C11H12ClF2N3O/c1-6-15-9-7(17(6)3)4-8(12)16-10(9)18-5-11(2,13)14/h4H,5H2,1-3H3. The third kappa shape index (κ3) is 2.53. The summed E-state index contributed by atoms with van der Waals surface area (Å²) in [6.07, 6.45) is 0. The van der Waals surface area contributed by atoms with Gasteiger partial charge in [0.2, 0.25) is 5.88 Å². The molecule has 0 amide bonds. The Balaban J connectivity index is 2.46. The minimum absolute atomic E-state index is 0.0303. The van der Waals surface area contributed by atoms with Crippen LogP contribution in [0.15, 0.2) is 6.07 Å². The number of aromatic nitrogens is 3. The molecule has 0 aromatic carbocycles. The smallest absolute Gasteiger partial charge is 0.278 e. The summed E-state index contributed by atoms with van der Waals surface area (Å²) in [7, 11) is 1.80. The van der Waals surface area contributed by atoms with Gasteiger partial charge in [-0.25, -0.2) is 13.8 Å². The number of hydrogen-bond acceptors (Lipinski definition) is 3. The number of aryl methyl sites for hydroxylation is 2. The van der Waals surface area contributed by atoms with Crippen LogP contribution >= 0.6 is 11.6 Å². The number of pyridine rings is 1. The summed E-state index contributed by atoms with van der Waals surface area (Å²) in [4.78, 5) is 8.12. The third-order valence-electron chi connectivity index (χ3n) is 2.49. The van der Waals surface area contributed by atoms with E-state index < -0.39 is 12.5 Å². The molecule has 0 bridgehead atoms. The summed E-state index contributed by atoms with van der Waals surface area (Å²) in [6, 6.07) is 1.62. The van der Waals surface area contributed by atoms with E-state index in [1.54, 1.807) is 24.6 Å². The molecule has 0 aliphatic carbocycles. The van der Waals surface area contributed by atoms with Gasteiger partial charge in [0, 0.05) is 20.0 Å². The lowest BCUT2D eigenvalue weighted by atomic mass is 10.4. The summed E-state index contributed by atoms with van der Waals surface area (Å²) in [5, 5.41) is 0.180. The number of fused-ring (bicyclic) bond motifs is 1. The number of nitrogens with zero attached hydrogens (tertiary/aromatic N) is 3. The Morgan fingerprint density at radius 3 is 2.72 bits per heavy atom. The van der Waals surface area contributed by atoms with Gasteiger partial charge in [0.05, 0.1) is 5.52 Å². The lowest BCUT2D eigenvalue weighted by Gasteiger charge is -2.11. The second kappa shape index (κ2) is 4.35. The quantitative estimate of drug-likeness (QED) is 0.809. The zero-order chi connectivity index (χ0) is 13.5. The van der Waals surface area contributed by atoms with E-state index in [2.05, 4.69) is 9.97 Å². The largest absolute Gasteiger partial charge is 0.470 e. The molecule has 7 heteroatoms. The molecule has 0 fully saturated rings. The van der Waals surface area contributed by atoms with E-state index in [4.69, 9.17) is 16.3 Å². The highest BCUT2D eigenvalue weighted by Gasteiger charge is 2.24. The Morgan fingerprint density at radius 2 is 2.11 bits per heavy atom. The lowest BCUT2D eigenvalue weighted by molar-refractivity contribution is -0.0238. The maximum Gasteiger partial charge on any atom is 0.278 e. The molecule has 0 atom stereocenters. The molecule has 0 aliphatic heterocycles. The highest BCUT2D eigenvalue weighted by molar-refractivity contribution is 6.30. The van der Waals surface area contributed by atoms with E-state index in [1.807, 2.05) is 0 Å². The van der Waals surface area contributed by atoms with Crippen LogP contribution in [0.1, 0.15) is 12.7 Å². The molecule has 2 rings (SSSR count). The SMILES string of the molecule is Cc1nc2c(OCC(C)(F)F)nc(Cl)cc2n1C. The Hall–Kier alpha value is -1.43. The molecular weight excluding hydrogens is 264 g/mol. The lowest BCUT2D eigenvalue weighted by Crippen LogP contribution is -2.21. The fourth-order valence-electron chi connectivity index (χ4n) is 1.54. The predicted octanol–water partition coefficient (Wildman–Crippen LogP) is 2.96. The monoisotopic (exact) mass is 275 g/mol. The van der Waals surface area contributed by atoms with Gasteiger partial charge in [0.25, 0.3) is 5.92 Å². The van der Waals surface area contributed by atoms with Gasteiger partial charge >= 0.3 is 0 Å². The van der Waals surface area contributed by atoms with Crippen LogP contribution < -0.4 is 4.74 Å². The maximum atomic E-state index is 12.8. The summed E-state index contributed by atoms with van der Waals surface area (Å²) >= 11 is 5.84. The topological polar surface area (TPSA) is 39.9 Å². The molecule has 98 valence electrons. The van der Waals surface area contributed by atoms with Crippen molar-refractivity contribution in [1.29, 1.82) is 0 Å². The maximum absolute atomic E-state index is 12.8. The number of rotatable bonds is 3. The van der Waals surface area contributed by atoms with Crippen LogP contribution in [0.25, 0.3) is 11.0 Å². The Kier molecular flexibility index (Phi) is 3.14. The number of ether oxygens (including phenoxy) is 1. The first-order valence-electron chi connectivity index (χ1n) is 5.28. The van der Waals surface area contributed by atoms with Gasteiger partial charge in [-0.1, -0.05) is 11.6 Å². The third-order valence-corrected chi connectivity index (χ3v) is 2.69. The normalized spacial score (nSPS) is 12.1. The van der Waals surface area contributed by atoms with Crippen molar-refractivity contribution in [3.05, 3.63) is 17.0 Å².